The van der Waals surface area contributed by atoms with Crippen molar-refractivity contribution in [3.8, 4) is 69.0 Å². The Bertz CT molecular complexity index is 6930. The molecule has 0 radical (unpaired) electrons. The average Bonchev–Trinajstić information content (AvgIpc) is 0.805. The molecule has 756 valence electrons. The van der Waals surface area contributed by atoms with Crippen molar-refractivity contribution in [2.75, 3.05) is 55.5 Å². The van der Waals surface area contributed by atoms with E-state index in [1.54, 1.807) is 14.2 Å². The Morgan fingerprint density at radius 2 is 0.493 bits per heavy atom. The molecule has 15 rings (SSSR count). The standard InChI is InChI=1S/2C24H23ClO5.C24H23ClO4.C23H22ClNO4.C23H21ClO4/c1-29-21-10-6-9-16(18(21)13-15-7-4-3-5-8-15)11-12-17-22(24(28)30-2)19(26)14-20(27)23(17)25;1-29-18-10-8-16(17(13-18)12-15-6-4-3-5-7-15)9-11-19-22(24(28)30-2)20(26)14-21(27)23(19)25;1-15-8-9-18(13-16-6-4-3-5-7-16)17(12-15)10-11-19-22(24(28)29-2)20(26)14-21(27)23(19)25;1-29-23(28)21-18(22(24)20(27)13-19(21)26)10-8-16-12-17(25)9-7-15(16)11-14-5-3-2-4-6-14;1-28-23(27)21-18(22(24)20(26)14-19(21)25)12-11-16-9-5-6-10-17(16)13-15-7-3-2-4-8-15/h3-10,14,26-27H,11-13H2,1-2H3;3-8,10,13-14,26-27H,9,11-12H2,1-2H3;3-9,12,14,26-27H,10-11,13H2,1-2H3;2-7,9,12-13,26-27H,8,10-11,25H2,1H3;2-10,14,25-26H,11-13H2,1H3. The molecule has 0 heterocycles. The molecule has 0 spiro atoms. The maximum absolute atomic E-state index is 12.2. The Labute approximate surface area is 872 Å². The van der Waals surface area contributed by atoms with Crippen molar-refractivity contribution in [2.45, 2.75) is 103 Å². The summed E-state index contributed by atoms with van der Waals surface area (Å²) in [5.41, 5.74) is 26.2. The maximum Gasteiger partial charge on any atom is 0.341 e. The fourth-order valence-electron chi connectivity index (χ4n) is 17.2. The number of hydrogen-bond donors (Lipinski definition) is 11. The van der Waals surface area contributed by atoms with E-state index >= 15 is 0 Å². The van der Waals surface area contributed by atoms with E-state index < -0.39 is 29.8 Å². The minimum absolute atomic E-state index is 0.00689. The van der Waals surface area contributed by atoms with Crippen LogP contribution in [0.1, 0.15) is 169 Å². The topological polar surface area (TPSA) is 378 Å². The minimum Gasteiger partial charge on any atom is -0.507 e. The van der Waals surface area contributed by atoms with Gasteiger partial charge in [0.2, 0.25) is 0 Å². The average molecular weight is 2070 g/mol. The smallest absolute Gasteiger partial charge is 0.341 e. The fourth-order valence-corrected chi connectivity index (χ4v) is 18.4. The molecule has 0 saturated heterocycles. The van der Waals surface area contributed by atoms with Gasteiger partial charge in [-0.15, -0.1) is 0 Å². The Balaban J connectivity index is 0.000000174. The van der Waals surface area contributed by atoms with Crippen LogP contribution in [-0.2, 0) is 120 Å². The van der Waals surface area contributed by atoms with Crippen LogP contribution in [0.4, 0.5) is 5.69 Å². The van der Waals surface area contributed by atoms with Gasteiger partial charge in [0, 0.05) is 48.0 Å². The number of methoxy groups -OCH3 is 7. The number of esters is 5. The van der Waals surface area contributed by atoms with Crippen LogP contribution in [0.3, 0.4) is 0 Å². The lowest BCUT2D eigenvalue weighted by Crippen LogP contribution is -2.09. The van der Waals surface area contributed by atoms with Crippen molar-refractivity contribution >= 4 is 93.5 Å². The van der Waals surface area contributed by atoms with Crippen molar-refractivity contribution in [1.82, 2.24) is 0 Å². The van der Waals surface area contributed by atoms with Gasteiger partial charge in [0.25, 0.3) is 0 Å². The summed E-state index contributed by atoms with van der Waals surface area (Å²) < 4.78 is 34.8. The largest absolute Gasteiger partial charge is 0.507 e. The van der Waals surface area contributed by atoms with Crippen molar-refractivity contribution in [3.63, 3.8) is 0 Å². The fraction of sp³-hybridized carbons (Fsp3) is 0.195. The van der Waals surface area contributed by atoms with Crippen LogP contribution in [0, 0.1) is 6.92 Å². The van der Waals surface area contributed by atoms with Crippen LogP contribution < -0.4 is 15.2 Å². The lowest BCUT2D eigenvalue weighted by atomic mass is 9.92. The number of hydrogen-bond acceptors (Lipinski definition) is 23. The van der Waals surface area contributed by atoms with Crippen LogP contribution in [0.2, 0.25) is 25.1 Å². The lowest BCUT2D eigenvalue weighted by Gasteiger charge is -2.16. The molecule has 146 heavy (non-hydrogen) atoms. The Morgan fingerprint density at radius 3 is 0.815 bits per heavy atom. The van der Waals surface area contributed by atoms with Gasteiger partial charge >= 0.3 is 29.8 Å². The highest BCUT2D eigenvalue weighted by Gasteiger charge is 2.30. The number of phenols is 10. The first kappa shape index (κ1) is 111. The normalized spacial score (nSPS) is 10.7. The molecule has 0 bridgehead atoms. The number of rotatable bonds is 32. The number of nitrogen functional groups attached to an aromatic ring is 1. The van der Waals surface area contributed by atoms with Crippen molar-refractivity contribution in [3.05, 3.63) is 449 Å². The van der Waals surface area contributed by atoms with E-state index in [0.29, 0.717) is 104 Å². The number of nitrogens with two attached hydrogens (primary N) is 1. The summed E-state index contributed by atoms with van der Waals surface area (Å²) in [6.45, 7) is 2.03. The number of carbonyl (C=O) groups is 5. The zero-order valence-corrected chi connectivity index (χ0v) is 85.3. The predicted octanol–water partition coefficient (Wildman–Crippen LogP) is 24.5. The molecule has 23 nitrogen and oxygen atoms in total. The molecule has 28 heteroatoms. The second-order valence-electron chi connectivity index (χ2n) is 34.0. The van der Waals surface area contributed by atoms with E-state index in [2.05, 4.69) is 84.9 Å². The number of aromatic hydroxyl groups is 10. The van der Waals surface area contributed by atoms with Gasteiger partial charge in [0.05, 0.1) is 74.9 Å². The number of halogens is 5. The molecule has 15 aromatic carbocycles. The van der Waals surface area contributed by atoms with Crippen LogP contribution in [0.25, 0.3) is 0 Å². The van der Waals surface area contributed by atoms with E-state index in [-0.39, 0.29) is 110 Å². The molecular formula is C118H112Cl5NO22. The number of benzene rings is 15. The van der Waals surface area contributed by atoms with Crippen molar-refractivity contribution in [2.24, 2.45) is 0 Å². The van der Waals surface area contributed by atoms with E-state index in [1.807, 2.05) is 171 Å². The number of carbonyl (C=O) groups excluding carboxylic acids is 5. The monoisotopic (exact) mass is 2070 g/mol. The second kappa shape index (κ2) is 53.7. The third kappa shape index (κ3) is 29.2. The van der Waals surface area contributed by atoms with Crippen LogP contribution >= 0.6 is 58.0 Å². The quantitative estimate of drug-likeness (QED) is 0.0106. The van der Waals surface area contributed by atoms with E-state index in [4.69, 9.17) is 96.9 Å². The Kier molecular flexibility index (Phi) is 40.8. The molecular weight excluding hydrogens is 1960 g/mol. The SMILES string of the molecule is COC(=O)c1c(O)cc(O)c(Cl)c1CCc1cc(C)ccc1Cc1ccccc1.COC(=O)c1c(O)cc(O)c(Cl)c1CCc1cc(N)ccc1Cc1ccccc1.COC(=O)c1c(O)cc(O)c(Cl)c1CCc1ccc(OC)cc1Cc1ccccc1.COC(=O)c1c(O)cc(O)c(Cl)c1CCc1cccc(OC)c1Cc1ccccc1.COC(=O)c1c(O)cc(O)c(Cl)c1CCc1ccccc1Cc1ccccc1. The first-order valence-electron chi connectivity index (χ1n) is 46.3. The van der Waals surface area contributed by atoms with Gasteiger partial charge in [0.15, 0.2) is 0 Å². The molecule has 15 aromatic rings. The molecule has 0 amide bonds. The van der Waals surface area contributed by atoms with Gasteiger partial charge in [-0.1, -0.05) is 282 Å². The molecule has 0 saturated carbocycles. The van der Waals surface area contributed by atoms with Gasteiger partial charge in [-0.2, -0.15) is 0 Å². The number of aryl methyl sites for hydroxylation is 6. The zero-order valence-electron chi connectivity index (χ0n) is 81.5. The second-order valence-corrected chi connectivity index (χ2v) is 35.9. The molecule has 0 aliphatic heterocycles. The molecule has 0 aliphatic carbocycles. The van der Waals surface area contributed by atoms with Crippen LogP contribution in [-0.4, -0.2) is 131 Å². The summed E-state index contributed by atoms with van der Waals surface area (Å²) in [6.07, 6.45) is 8.19. The predicted molar refractivity (Wildman–Crippen MR) is 568 cm³/mol. The van der Waals surface area contributed by atoms with Gasteiger partial charge in [-0.3, -0.25) is 0 Å². The van der Waals surface area contributed by atoms with Gasteiger partial charge in [-0.25, -0.2) is 24.0 Å². The summed E-state index contributed by atoms with van der Waals surface area (Å²) in [4.78, 5) is 60.8. The molecule has 0 atom stereocenters. The molecule has 12 N–H and O–H groups in total. The van der Waals surface area contributed by atoms with Crippen LogP contribution in [0.5, 0.6) is 69.0 Å². The van der Waals surface area contributed by atoms with Gasteiger partial charge in [-0.05, 0) is 233 Å². The lowest BCUT2D eigenvalue weighted by molar-refractivity contribution is 0.0586. The van der Waals surface area contributed by atoms with E-state index in [9.17, 15) is 75.0 Å². The summed E-state index contributed by atoms with van der Waals surface area (Å²) in [5, 5.41) is 101. The van der Waals surface area contributed by atoms with E-state index in [0.717, 1.165) is 129 Å². The summed E-state index contributed by atoms with van der Waals surface area (Å²) in [6, 6.07) is 87.6. The third-order valence-electron chi connectivity index (χ3n) is 24.5. The third-order valence-corrected chi connectivity index (χ3v) is 26.6. The first-order valence-corrected chi connectivity index (χ1v) is 48.2. The van der Waals surface area contributed by atoms with Gasteiger partial charge in [0.1, 0.15) is 96.8 Å². The zero-order chi connectivity index (χ0) is 105. The molecule has 0 aliphatic rings. The summed E-state index contributed by atoms with van der Waals surface area (Å²) >= 11 is 31.3. The highest BCUT2D eigenvalue weighted by Crippen LogP contribution is 2.45. The summed E-state index contributed by atoms with van der Waals surface area (Å²) in [7, 11) is 9.42. The highest BCUT2D eigenvalue weighted by atomic mass is 35.5. The summed E-state index contributed by atoms with van der Waals surface area (Å²) in [5.74, 6) is -5.14. The first-order chi connectivity index (χ1) is 70.2. The number of anilines is 1. The highest BCUT2D eigenvalue weighted by molar-refractivity contribution is 6.35. The van der Waals surface area contributed by atoms with Gasteiger partial charge < -0.3 is 90.0 Å². The van der Waals surface area contributed by atoms with Crippen LogP contribution in [0.15, 0.2) is 279 Å². The van der Waals surface area contributed by atoms with Crippen molar-refractivity contribution < 1.29 is 108 Å². The molecule has 0 aromatic heterocycles. The van der Waals surface area contributed by atoms with Crippen molar-refractivity contribution in [1.29, 1.82) is 0 Å². The minimum atomic E-state index is -0.712. The molecule has 0 fully saturated rings. The number of phenolic OH excluding ortho intramolecular Hbond substituents is 10. The Morgan fingerprint density at radius 1 is 0.233 bits per heavy atom. The maximum atomic E-state index is 12.2. The number of ether oxygens (including phenoxy) is 7. The molecule has 0 unspecified atom stereocenters. The van der Waals surface area contributed by atoms with E-state index in [1.165, 1.54) is 63.4 Å². The Hall–Kier alpha value is -15.5.